The van der Waals surface area contributed by atoms with Crippen molar-refractivity contribution in [3.8, 4) is 0 Å². The summed E-state index contributed by atoms with van der Waals surface area (Å²) in [6.07, 6.45) is 4.23. The molecule has 3 heterocycles. The third-order valence-corrected chi connectivity index (χ3v) is 7.00. The SMILES string of the molecule is CC(C)(C)OC(=O)N1CCC2(CCCN2Cc2cc(Cl)cc(N3CCOCC3)c2)CC1. The van der Waals surface area contributed by atoms with Gasteiger partial charge in [0.25, 0.3) is 0 Å². The molecule has 0 radical (unpaired) electrons. The maximum absolute atomic E-state index is 12.5. The third kappa shape index (κ3) is 5.47. The first-order valence-electron chi connectivity index (χ1n) is 11.6. The fraction of sp³-hybridized carbons (Fsp3) is 0.708. The number of rotatable bonds is 3. The molecule has 0 N–H and O–H groups in total. The van der Waals surface area contributed by atoms with E-state index in [1.54, 1.807) is 0 Å². The van der Waals surface area contributed by atoms with Gasteiger partial charge in [-0.2, -0.15) is 0 Å². The number of ether oxygens (including phenoxy) is 2. The number of halogens is 1. The van der Waals surface area contributed by atoms with E-state index in [0.29, 0.717) is 0 Å². The van der Waals surface area contributed by atoms with Crippen LogP contribution in [0.15, 0.2) is 18.2 Å². The second kappa shape index (κ2) is 9.16. The van der Waals surface area contributed by atoms with E-state index in [-0.39, 0.29) is 11.6 Å². The number of amides is 1. The van der Waals surface area contributed by atoms with Gasteiger partial charge in [0.15, 0.2) is 0 Å². The Morgan fingerprint density at radius 3 is 2.45 bits per heavy atom. The minimum atomic E-state index is -0.448. The van der Waals surface area contributed by atoms with Gasteiger partial charge in [-0.1, -0.05) is 11.6 Å². The topological polar surface area (TPSA) is 45.2 Å². The number of anilines is 1. The van der Waals surface area contributed by atoms with Gasteiger partial charge in [0, 0.05) is 49.0 Å². The Balaban J connectivity index is 1.41. The summed E-state index contributed by atoms with van der Waals surface area (Å²) in [6, 6.07) is 6.46. The molecule has 3 saturated heterocycles. The Hall–Kier alpha value is -1.50. The standard InChI is InChI=1S/C24H36ClN3O3/c1-23(2,3)31-22(29)27-9-6-24(7-10-27)5-4-8-28(24)18-19-15-20(25)17-21(16-19)26-11-13-30-14-12-26/h15-17H,4-14,18H2,1-3H3. The van der Waals surface area contributed by atoms with Gasteiger partial charge in [-0.3, -0.25) is 4.90 Å². The van der Waals surface area contributed by atoms with Crippen LogP contribution in [-0.4, -0.2) is 73.0 Å². The molecule has 0 bridgehead atoms. The van der Waals surface area contributed by atoms with Gasteiger partial charge in [-0.15, -0.1) is 0 Å². The average molecular weight is 450 g/mol. The average Bonchev–Trinajstić information content (AvgIpc) is 3.09. The molecule has 1 amide bonds. The zero-order valence-corrected chi connectivity index (χ0v) is 19.9. The van der Waals surface area contributed by atoms with Crippen molar-refractivity contribution in [2.75, 3.05) is 50.8 Å². The van der Waals surface area contributed by atoms with Crippen LogP contribution in [0.2, 0.25) is 5.02 Å². The molecule has 3 fully saturated rings. The molecule has 4 rings (SSSR count). The number of benzene rings is 1. The van der Waals surface area contributed by atoms with Crippen LogP contribution in [0.3, 0.4) is 0 Å². The molecule has 7 heteroatoms. The van der Waals surface area contributed by atoms with Crippen LogP contribution in [0.5, 0.6) is 0 Å². The Labute approximate surface area is 191 Å². The van der Waals surface area contributed by atoms with Gasteiger partial charge in [-0.05, 0) is 76.8 Å². The minimum absolute atomic E-state index is 0.181. The van der Waals surface area contributed by atoms with E-state index < -0.39 is 5.60 Å². The first-order chi connectivity index (χ1) is 14.7. The normalized spacial score (nSPS) is 22.2. The molecule has 1 spiro atoms. The molecule has 3 aliphatic heterocycles. The highest BCUT2D eigenvalue weighted by atomic mass is 35.5. The first kappa shape index (κ1) is 22.7. The summed E-state index contributed by atoms with van der Waals surface area (Å²) in [5.74, 6) is 0. The molecule has 0 unspecified atom stereocenters. The van der Waals surface area contributed by atoms with Crippen molar-refractivity contribution in [3.63, 3.8) is 0 Å². The van der Waals surface area contributed by atoms with Gasteiger partial charge in [0.05, 0.1) is 13.2 Å². The van der Waals surface area contributed by atoms with Crippen molar-refractivity contribution >= 4 is 23.4 Å². The molecule has 0 aromatic heterocycles. The van der Waals surface area contributed by atoms with E-state index in [0.717, 1.165) is 70.3 Å². The number of piperidine rings is 1. The lowest BCUT2D eigenvalue weighted by molar-refractivity contribution is 0.00165. The van der Waals surface area contributed by atoms with Crippen LogP contribution in [0.1, 0.15) is 52.0 Å². The Morgan fingerprint density at radius 2 is 1.77 bits per heavy atom. The summed E-state index contributed by atoms with van der Waals surface area (Å²) < 4.78 is 11.1. The summed E-state index contributed by atoms with van der Waals surface area (Å²) in [4.78, 5) is 19.3. The molecule has 0 saturated carbocycles. The largest absolute Gasteiger partial charge is 0.444 e. The number of nitrogens with zero attached hydrogens (tertiary/aromatic N) is 3. The quantitative estimate of drug-likeness (QED) is 0.677. The van der Waals surface area contributed by atoms with Crippen LogP contribution < -0.4 is 4.90 Å². The second-order valence-corrected chi connectivity index (χ2v) is 10.6. The summed E-state index contributed by atoms with van der Waals surface area (Å²) in [6.45, 7) is 12.7. The molecular formula is C24H36ClN3O3. The lowest BCUT2D eigenvalue weighted by Gasteiger charge is -2.45. The van der Waals surface area contributed by atoms with E-state index in [9.17, 15) is 4.79 Å². The predicted octanol–water partition coefficient (Wildman–Crippen LogP) is 4.54. The molecule has 31 heavy (non-hydrogen) atoms. The Bertz CT molecular complexity index is 781. The Kier molecular flexibility index (Phi) is 6.71. The number of carbonyl (C=O) groups is 1. The van der Waals surface area contributed by atoms with Gasteiger partial charge in [0.2, 0.25) is 0 Å². The van der Waals surface area contributed by atoms with Crippen molar-refractivity contribution in [1.82, 2.24) is 9.80 Å². The lowest BCUT2D eigenvalue weighted by Crippen LogP contribution is -2.53. The van der Waals surface area contributed by atoms with Gasteiger partial charge < -0.3 is 19.3 Å². The zero-order valence-electron chi connectivity index (χ0n) is 19.2. The van der Waals surface area contributed by atoms with Crippen molar-refractivity contribution in [3.05, 3.63) is 28.8 Å². The fourth-order valence-corrected chi connectivity index (χ4v) is 5.44. The third-order valence-electron chi connectivity index (χ3n) is 6.78. The molecule has 172 valence electrons. The maximum atomic E-state index is 12.5. The van der Waals surface area contributed by atoms with Crippen LogP contribution in [0.25, 0.3) is 0 Å². The molecule has 0 atom stereocenters. The van der Waals surface area contributed by atoms with Crippen LogP contribution in [-0.2, 0) is 16.0 Å². The molecule has 3 aliphatic rings. The lowest BCUT2D eigenvalue weighted by atomic mass is 9.85. The van der Waals surface area contributed by atoms with Crippen molar-refractivity contribution in [1.29, 1.82) is 0 Å². The summed E-state index contributed by atoms with van der Waals surface area (Å²) in [5.41, 5.74) is 2.19. The molecule has 1 aromatic carbocycles. The van der Waals surface area contributed by atoms with Gasteiger partial charge in [0.1, 0.15) is 5.60 Å². The van der Waals surface area contributed by atoms with Crippen LogP contribution in [0, 0.1) is 0 Å². The first-order valence-corrected chi connectivity index (χ1v) is 12.0. The number of likely N-dealkylation sites (tertiary alicyclic amines) is 2. The second-order valence-electron chi connectivity index (χ2n) is 10.1. The molecule has 0 aliphatic carbocycles. The number of hydrogen-bond acceptors (Lipinski definition) is 5. The molecule has 1 aromatic rings. The Morgan fingerprint density at radius 1 is 1.06 bits per heavy atom. The zero-order chi connectivity index (χ0) is 22.1. The number of carbonyl (C=O) groups excluding carboxylic acids is 1. The van der Waals surface area contributed by atoms with E-state index in [1.807, 2.05) is 25.7 Å². The van der Waals surface area contributed by atoms with E-state index >= 15 is 0 Å². The smallest absolute Gasteiger partial charge is 0.410 e. The van der Waals surface area contributed by atoms with E-state index in [1.165, 1.54) is 24.1 Å². The van der Waals surface area contributed by atoms with E-state index in [4.69, 9.17) is 21.1 Å². The summed E-state index contributed by atoms with van der Waals surface area (Å²) >= 11 is 6.50. The highest BCUT2D eigenvalue weighted by Crippen LogP contribution is 2.40. The highest BCUT2D eigenvalue weighted by Gasteiger charge is 2.44. The molecular weight excluding hydrogens is 414 g/mol. The van der Waals surface area contributed by atoms with Crippen LogP contribution >= 0.6 is 11.6 Å². The van der Waals surface area contributed by atoms with Crippen LogP contribution in [0.4, 0.5) is 10.5 Å². The fourth-order valence-electron chi connectivity index (χ4n) is 5.19. The summed E-state index contributed by atoms with van der Waals surface area (Å²) in [7, 11) is 0. The maximum Gasteiger partial charge on any atom is 0.410 e. The highest BCUT2D eigenvalue weighted by molar-refractivity contribution is 6.30. The molecule has 6 nitrogen and oxygen atoms in total. The van der Waals surface area contributed by atoms with Gasteiger partial charge in [-0.25, -0.2) is 4.79 Å². The van der Waals surface area contributed by atoms with Crippen molar-refractivity contribution < 1.29 is 14.3 Å². The monoisotopic (exact) mass is 449 g/mol. The van der Waals surface area contributed by atoms with Crippen molar-refractivity contribution in [2.24, 2.45) is 0 Å². The minimum Gasteiger partial charge on any atom is -0.444 e. The van der Waals surface area contributed by atoms with E-state index in [2.05, 4.69) is 28.0 Å². The predicted molar refractivity (Wildman–Crippen MR) is 124 cm³/mol. The number of morpholine rings is 1. The van der Waals surface area contributed by atoms with Crippen molar-refractivity contribution in [2.45, 2.75) is 64.1 Å². The van der Waals surface area contributed by atoms with Gasteiger partial charge >= 0.3 is 6.09 Å². The summed E-state index contributed by atoms with van der Waals surface area (Å²) in [5, 5.41) is 0.798. The number of hydrogen-bond donors (Lipinski definition) is 0.